The van der Waals surface area contributed by atoms with Gasteiger partial charge in [0.15, 0.2) is 5.03 Å². The SMILES string of the molecule is Cn1nc(S(=O)(=O)NC(=O)Nc2c3c(cc4c2CCC4)CCC3)cc1CN1CCCC1.[Na]. The molecular formula is C22H29N5NaO3S. The maximum absolute atomic E-state index is 12.8. The topological polar surface area (TPSA) is 96.3 Å². The summed E-state index contributed by atoms with van der Waals surface area (Å²) in [5.74, 6) is 0. The molecule has 1 fully saturated rings. The number of rotatable bonds is 5. The average Bonchev–Trinajstić information content (AvgIpc) is 3.49. The van der Waals surface area contributed by atoms with Gasteiger partial charge in [-0.15, -0.1) is 0 Å². The molecule has 2 N–H and O–H groups in total. The Morgan fingerprint density at radius 1 is 1.00 bits per heavy atom. The Bertz CT molecular complexity index is 1110. The molecule has 3 aliphatic rings. The molecule has 0 saturated carbocycles. The van der Waals surface area contributed by atoms with Crippen molar-refractivity contribution in [1.29, 1.82) is 0 Å². The van der Waals surface area contributed by atoms with Crippen LogP contribution in [0.3, 0.4) is 0 Å². The Morgan fingerprint density at radius 2 is 1.62 bits per heavy atom. The van der Waals surface area contributed by atoms with Crippen LogP contribution in [0.25, 0.3) is 0 Å². The van der Waals surface area contributed by atoms with E-state index in [0.29, 0.717) is 6.54 Å². The number of nitrogens with one attached hydrogen (secondary N) is 2. The van der Waals surface area contributed by atoms with Crippen molar-refractivity contribution in [3.8, 4) is 0 Å². The minimum absolute atomic E-state index is 0. The van der Waals surface area contributed by atoms with E-state index in [4.69, 9.17) is 0 Å². The number of urea groups is 1. The molecule has 2 aromatic rings. The minimum atomic E-state index is -4.06. The first-order chi connectivity index (χ1) is 14.9. The van der Waals surface area contributed by atoms with E-state index in [0.717, 1.165) is 75.8 Å². The molecule has 167 valence electrons. The summed E-state index contributed by atoms with van der Waals surface area (Å²) in [5.41, 5.74) is 6.55. The van der Waals surface area contributed by atoms with Crippen molar-refractivity contribution in [2.24, 2.45) is 7.05 Å². The number of sulfonamides is 1. The van der Waals surface area contributed by atoms with Crippen molar-refractivity contribution in [2.45, 2.75) is 62.9 Å². The molecule has 2 heterocycles. The standard InChI is InChI=1S/C22H29N5O3S.Na/c1-26-17(14-27-10-2-3-11-27)13-20(24-26)31(29,30)25-22(28)23-21-18-8-4-6-15(18)12-16-7-5-9-19(16)21;/h12-13H,2-11,14H2,1H3,(H2,23,25,28);. The fourth-order valence-corrected chi connectivity index (χ4v) is 6.13. The predicted octanol–water partition coefficient (Wildman–Crippen LogP) is 2.12. The summed E-state index contributed by atoms with van der Waals surface area (Å²) in [5, 5.41) is 6.91. The van der Waals surface area contributed by atoms with Crippen LogP contribution in [0.1, 0.15) is 53.6 Å². The molecule has 0 spiro atoms. The Hall–Kier alpha value is -1.39. The van der Waals surface area contributed by atoms with Crippen molar-refractivity contribution in [1.82, 2.24) is 19.4 Å². The van der Waals surface area contributed by atoms with Crippen LogP contribution >= 0.6 is 0 Å². The van der Waals surface area contributed by atoms with Gasteiger partial charge in [0.25, 0.3) is 10.0 Å². The second-order valence-corrected chi connectivity index (χ2v) is 10.5. The molecule has 1 aromatic carbocycles. The summed E-state index contributed by atoms with van der Waals surface area (Å²) in [7, 11) is -2.32. The summed E-state index contributed by atoms with van der Waals surface area (Å²) in [6.07, 6.45) is 8.35. The third-order valence-electron chi connectivity index (χ3n) is 6.75. The average molecular weight is 467 g/mol. The van der Waals surface area contributed by atoms with Crippen LogP contribution in [0.4, 0.5) is 10.5 Å². The Kier molecular flexibility index (Phi) is 7.03. The van der Waals surface area contributed by atoms with Gasteiger partial charge < -0.3 is 5.32 Å². The van der Waals surface area contributed by atoms with Crippen LogP contribution in [0.5, 0.6) is 0 Å². The van der Waals surface area contributed by atoms with E-state index in [1.165, 1.54) is 22.3 Å². The molecule has 2 aliphatic carbocycles. The quantitative estimate of drug-likeness (QED) is 0.658. The van der Waals surface area contributed by atoms with Crippen LogP contribution in [-0.2, 0) is 49.3 Å². The van der Waals surface area contributed by atoms with Crippen LogP contribution in [0.15, 0.2) is 17.2 Å². The number of carbonyl (C=O) groups excluding carboxylic acids is 1. The Labute approximate surface area is 211 Å². The van der Waals surface area contributed by atoms with Gasteiger partial charge in [-0.05, 0) is 86.7 Å². The number of aryl methyl sites for hydroxylation is 3. The molecule has 1 aliphatic heterocycles. The van der Waals surface area contributed by atoms with E-state index in [2.05, 4.69) is 26.1 Å². The molecule has 1 radical (unpaired) electrons. The largest absolute Gasteiger partial charge is 0.333 e. The van der Waals surface area contributed by atoms with Crippen molar-refractivity contribution < 1.29 is 13.2 Å². The van der Waals surface area contributed by atoms with Crippen molar-refractivity contribution in [3.05, 3.63) is 40.1 Å². The van der Waals surface area contributed by atoms with E-state index in [1.54, 1.807) is 17.8 Å². The summed E-state index contributed by atoms with van der Waals surface area (Å²) >= 11 is 0. The maximum atomic E-state index is 12.8. The van der Waals surface area contributed by atoms with Gasteiger partial charge in [0.05, 0.1) is 5.69 Å². The van der Waals surface area contributed by atoms with Crippen LogP contribution in [0, 0.1) is 0 Å². The van der Waals surface area contributed by atoms with Gasteiger partial charge >= 0.3 is 6.03 Å². The summed E-state index contributed by atoms with van der Waals surface area (Å²) in [6, 6.07) is 3.12. The van der Waals surface area contributed by atoms with Crippen molar-refractivity contribution in [2.75, 3.05) is 18.4 Å². The molecule has 0 atom stereocenters. The van der Waals surface area contributed by atoms with Gasteiger partial charge in [-0.3, -0.25) is 9.58 Å². The summed E-state index contributed by atoms with van der Waals surface area (Å²) in [6.45, 7) is 2.69. The van der Waals surface area contributed by atoms with Gasteiger partial charge in [-0.25, -0.2) is 9.52 Å². The van der Waals surface area contributed by atoms with Crippen LogP contribution in [0.2, 0.25) is 0 Å². The van der Waals surface area contributed by atoms with Gasteiger partial charge in [0.2, 0.25) is 0 Å². The first-order valence-corrected chi connectivity index (χ1v) is 12.6. The molecule has 32 heavy (non-hydrogen) atoms. The summed E-state index contributed by atoms with van der Waals surface area (Å²) < 4.78 is 29.4. The molecular weight excluding hydrogens is 437 g/mol. The van der Waals surface area contributed by atoms with Crippen molar-refractivity contribution >= 4 is 51.3 Å². The third kappa shape index (κ3) is 4.63. The zero-order valence-electron chi connectivity index (χ0n) is 18.9. The number of hydrogen-bond acceptors (Lipinski definition) is 5. The van der Waals surface area contributed by atoms with Gasteiger partial charge in [-0.1, -0.05) is 6.07 Å². The van der Waals surface area contributed by atoms with Gasteiger partial charge in [-0.2, -0.15) is 13.5 Å². The minimum Gasteiger partial charge on any atom is -0.307 e. The van der Waals surface area contributed by atoms with E-state index in [9.17, 15) is 13.2 Å². The van der Waals surface area contributed by atoms with E-state index < -0.39 is 16.1 Å². The number of fused-ring (bicyclic) bond motifs is 2. The van der Waals surface area contributed by atoms with Crippen LogP contribution in [-0.4, -0.2) is 71.8 Å². The van der Waals surface area contributed by atoms with Crippen LogP contribution < -0.4 is 10.0 Å². The number of anilines is 1. The fourth-order valence-electron chi connectivity index (χ4n) is 5.21. The molecule has 0 bridgehead atoms. The maximum Gasteiger partial charge on any atom is 0.333 e. The number of aromatic nitrogens is 2. The van der Waals surface area contributed by atoms with E-state index >= 15 is 0 Å². The Balaban J connectivity index is 0.00000245. The molecule has 8 nitrogen and oxygen atoms in total. The predicted molar refractivity (Wildman–Crippen MR) is 123 cm³/mol. The second-order valence-electron chi connectivity index (χ2n) is 8.87. The molecule has 5 rings (SSSR count). The van der Waals surface area contributed by atoms with E-state index in [-0.39, 0.29) is 34.6 Å². The molecule has 1 saturated heterocycles. The number of amides is 2. The molecule has 0 unspecified atom stereocenters. The van der Waals surface area contributed by atoms with E-state index in [1.807, 2.05) is 0 Å². The normalized spacial score (nSPS) is 17.7. The smallest absolute Gasteiger partial charge is 0.307 e. The number of nitrogens with zero attached hydrogens (tertiary/aromatic N) is 3. The molecule has 1 aromatic heterocycles. The zero-order valence-corrected chi connectivity index (χ0v) is 21.7. The number of carbonyl (C=O) groups is 1. The zero-order chi connectivity index (χ0) is 21.6. The van der Waals surface area contributed by atoms with Crippen molar-refractivity contribution in [3.63, 3.8) is 0 Å². The number of benzene rings is 1. The first-order valence-electron chi connectivity index (χ1n) is 11.2. The number of likely N-dealkylation sites (tertiary alicyclic amines) is 1. The first kappa shape index (κ1) is 23.8. The molecule has 2 amide bonds. The second kappa shape index (κ2) is 9.46. The molecule has 10 heteroatoms. The number of hydrogen-bond donors (Lipinski definition) is 2. The third-order valence-corrected chi connectivity index (χ3v) is 7.96. The van der Waals surface area contributed by atoms with Gasteiger partial charge in [0.1, 0.15) is 0 Å². The Morgan fingerprint density at radius 3 is 2.25 bits per heavy atom. The summed E-state index contributed by atoms with van der Waals surface area (Å²) in [4.78, 5) is 15.0. The fraction of sp³-hybridized carbons (Fsp3) is 0.545. The monoisotopic (exact) mass is 466 g/mol. The van der Waals surface area contributed by atoms with Gasteiger partial charge in [0, 0.05) is 54.9 Å².